The Morgan fingerprint density at radius 3 is 2.49 bits per heavy atom. The summed E-state index contributed by atoms with van der Waals surface area (Å²) in [6, 6.07) is 2.38. The van der Waals surface area contributed by atoms with Crippen molar-refractivity contribution >= 4 is 32.3 Å². The fraction of sp³-hybridized carbons (Fsp3) is 0.381. The number of imidazole rings is 1. The summed E-state index contributed by atoms with van der Waals surface area (Å²) in [4.78, 5) is 23.7. The third-order valence-electron chi connectivity index (χ3n) is 5.96. The number of aryl methyl sites for hydroxylation is 1. The van der Waals surface area contributed by atoms with Crippen LogP contribution in [0.1, 0.15) is 37.1 Å². The molecule has 1 unspecified atom stereocenters. The number of aromatic nitrogens is 6. The largest absolute Gasteiger partial charge is 0.474 e. The Balaban J connectivity index is 1.85. The first-order chi connectivity index (χ1) is 17.2. The lowest BCUT2D eigenvalue weighted by atomic mass is 10.2. The molecule has 16 heteroatoms. The van der Waals surface area contributed by atoms with Crippen LogP contribution in [0, 0.1) is 0 Å². The van der Waals surface area contributed by atoms with Crippen LogP contribution in [-0.2, 0) is 27.7 Å². The van der Waals surface area contributed by atoms with Crippen LogP contribution in [0.25, 0.3) is 28.1 Å². The Bertz CT molecular complexity index is 1690. The van der Waals surface area contributed by atoms with Crippen molar-refractivity contribution in [2.24, 2.45) is 11.4 Å². The first-order valence-electron chi connectivity index (χ1n) is 10.9. The Morgan fingerprint density at radius 1 is 1.19 bits per heavy atom. The molecule has 1 aliphatic carbocycles. The van der Waals surface area contributed by atoms with Gasteiger partial charge in [0.15, 0.2) is 10.7 Å². The van der Waals surface area contributed by atoms with Crippen molar-refractivity contribution in [1.82, 2.24) is 29.1 Å². The van der Waals surface area contributed by atoms with Crippen molar-refractivity contribution in [3.05, 3.63) is 35.9 Å². The van der Waals surface area contributed by atoms with E-state index in [9.17, 15) is 35.3 Å². The van der Waals surface area contributed by atoms with Crippen molar-refractivity contribution in [1.29, 1.82) is 0 Å². The second kappa shape index (κ2) is 8.22. The van der Waals surface area contributed by atoms with E-state index in [2.05, 4.69) is 24.4 Å². The maximum Gasteiger partial charge on any atom is 0.474 e. The molecule has 1 fully saturated rings. The Morgan fingerprint density at radius 2 is 1.89 bits per heavy atom. The van der Waals surface area contributed by atoms with Crippen molar-refractivity contribution in [2.45, 2.75) is 43.1 Å². The van der Waals surface area contributed by atoms with Crippen molar-refractivity contribution in [2.75, 3.05) is 5.75 Å². The minimum Gasteiger partial charge on any atom is -0.326 e. The molecule has 37 heavy (non-hydrogen) atoms. The van der Waals surface area contributed by atoms with E-state index in [0.717, 1.165) is 25.1 Å². The van der Waals surface area contributed by atoms with E-state index < -0.39 is 44.5 Å². The molecule has 1 atom stereocenters. The molecule has 4 aromatic rings. The lowest BCUT2D eigenvalue weighted by Gasteiger charge is -2.08. The van der Waals surface area contributed by atoms with E-state index in [1.54, 1.807) is 6.07 Å². The van der Waals surface area contributed by atoms with E-state index in [4.69, 9.17) is 0 Å². The molecule has 0 aliphatic heterocycles. The fourth-order valence-electron chi connectivity index (χ4n) is 3.95. The first-order valence-corrected chi connectivity index (χ1v) is 12.6. The van der Waals surface area contributed by atoms with Crippen LogP contribution in [0.3, 0.4) is 0 Å². The van der Waals surface area contributed by atoms with Crippen LogP contribution < -0.4 is 0 Å². The summed E-state index contributed by atoms with van der Waals surface area (Å²) < 4.78 is 98.3. The molecular formula is C21H17F6N7O2S. The summed E-state index contributed by atoms with van der Waals surface area (Å²) >= 11 is 0. The average molecular weight is 545 g/mol. The van der Waals surface area contributed by atoms with Gasteiger partial charge < -0.3 is 4.57 Å². The van der Waals surface area contributed by atoms with E-state index in [0.29, 0.717) is 5.69 Å². The molecule has 1 amide bonds. The van der Waals surface area contributed by atoms with Crippen LogP contribution in [-0.4, -0.2) is 51.2 Å². The number of fused-ring (bicyclic) bond motifs is 2. The molecule has 1 saturated carbocycles. The molecule has 5 rings (SSSR count). The Hall–Kier alpha value is -3.56. The van der Waals surface area contributed by atoms with Gasteiger partial charge in [0, 0.05) is 30.6 Å². The van der Waals surface area contributed by atoms with Crippen molar-refractivity contribution in [3.63, 3.8) is 0 Å². The molecule has 1 aliphatic rings. The van der Waals surface area contributed by atoms with Gasteiger partial charge in [-0.05, 0) is 25.0 Å². The average Bonchev–Trinajstić information content (AvgIpc) is 3.52. The van der Waals surface area contributed by atoms with Crippen LogP contribution >= 0.6 is 0 Å². The zero-order chi connectivity index (χ0) is 26.9. The summed E-state index contributed by atoms with van der Waals surface area (Å²) in [6.45, 7) is 1.28. The zero-order valence-corrected chi connectivity index (χ0v) is 19.9. The minimum atomic E-state index is -5.37. The highest BCUT2D eigenvalue weighted by atomic mass is 32.2. The molecule has 9 nitrogen and oxygen atoms in total. The number of hydrogen-bond donors (Lipinski definition) is 0. The first kappa shape index (κ1) is 25.1. The molecule has 0 N–H and O–H groups in total. The number of carbonyl (C=O) groups excluding carboxylic acids is 1. The fourth-order valence-corrected chi connectivity index (χ4v) is 5.52. The van der Waals surface area contributed by atoms with Gasteiger partial charge in [0.25, 0.3) is 0 Å². The number of halogens is 6. The minimum absolute atomic E-state index is 0.0673. The predicted octanol–water partition coefficient (Wildman–Crippen LogP) is 4.51. The topological polar surface area (TPSA) is 107 Å². The molecule has 4 heterocycles. The number of pyridine rings is 1. The summed E-state index contributed by atoms with van der Waals surface area (Å²) in [7, 11) is -2.65. The highest BCUT2D eigenvalue weighted by Crippen LogP contribution is 2.42. The van der Waals surface area contributed by atoms with Gasteiger partial charge in [0.1, 0.15) is 21.2 Å². The van der Waals surface area contributed by atoms with Crippen LogP contribution in [0.5, 0.6) is 0 Å². The van der Waals surface area contributed by atoms with Gasteiger partial charge in [-0.15, -0.1) is 4.36 Å². The number of carbonyl (C=O) groups is 1. The quantitative estimate of drug-likeness (QED) is 0.350. The Kier molecular flexibility index (Phi) is 5.58. The normalized spacial score (nSPS) is 16.3. The molecule has 0 spiro atoms. The van der Waals surface area contributed by atoms with E-state index in [1.165, 1.54) is 29.3 Å². The van der Waals surface area contributed by atoms with Gasteiger partial charge in [-0.2, -0.15) is 31.4 Å². The van der Waals surface area contributed by atoms with Crippen molar-refractivity contribution < 1.29 is 35.3 Å². The van der Waals surface area contributed by atoms with Gasteiger partial charge in [0.2, 0.25) is 0 Å². The molecule has 196 valence electrons. The van der Waals surface area contributed by atoms with Gasteiger partial charge >= 0.3 is 18.3 Å². The standard InChI is InChI=1S/C21H17F6N7O2S/c1-3-37(36,32-19(35)21(25,26)27)18-15(16-28-7-6-12(10-4-5-10)34(16)31-18)17-30-11-8-14(20(22,23)24)29-9-13(11)33(17)2/h6-10H,3-5H2,1-2H3. The summed E-state index contributed by atoms with van der Waals surface area (Å²) in [6.07, 6.45) is -6.07. The summed E-state index contributed by atoms with van der Waals surface area (Å²) in [5.74, 6) is -3.04. The van der Waals surface area contributed by atoms with Gasteiger partial charge in [-0.3, -0.25) is 4.79 Å². The summed E-state index contributed by atoms with van der Waals surface area (Å²) in [5.41, 5.74) is -0.523. The molecule has 4 aromatic heterocycles. The molecule has 0 saturated heterocycles. The molecule has 0 radical (unpaired) electrons. The number of nitrogens with zero attached hydrogens (tertiary/aromatic N) is 7. The second-order valence-electron chi connectivity index (χ2n) is 8.43. The van der Waals surface area contributed by atoms with Crippen LogP contribution in [0.15, 0.2) is 33.9 Å². The van der Waals surface area contributed by atoms with E-state index >= 15 is 0 Å². The van der Waals surface area contributed by atoms with Crippen LogP contribution in [0.4, 0.5) is 26.3 Å². The highest BCUT2D eigenvalue weighted by molar-refractivity contribution is 7.94. The van der Waals surface area contributed by atoms with Crippen molar-refractivity contribution in [3.8, 4) is 11.4 Å². The predicted molar refractivity (Wildman–Crippen MR) is 118 cm³/mol. The van der Waals surface area contributed by atoms with E-state index in [1.807, 2.05) is 0 Å². The number of amides is 1. The maximum atomic E-state index is 13.8. The lowest BCUT2D eigenvalue weighted by Crippen LogP contribution is -2.23. The van der Waals surface area contributed by atoms with Crippen LogP contribution in [0.2, 0.25) is 0 Å². The molecule has 0 bridgehead atoms. The Labute approximate surface area is 204 Å². The molecular weight excluding hydrogens is 528 g/mol. The monoisotopic (exact) mass is 545 g/mol. The third-order valence-corrected chi connectivity index (χ3v) is 8.09. The summed E-state index contributed by atoms with van der Waals surface area (Å²) in [5, 5.41) is 3.85. The smallest absolute Gasteiger partial charge is 0.326 e. The molecule has 0 aromatic carbocycles. The van der Waals surface area contributed by atoms with Gasteiger partial charge in [-0.1, -0.05) is 6.92 Å². The number of hydrogen-bond acceptors (Lipinski definition) is 6. The maximum absolute atomic E-state index is 13.8. The van der Waals surface area contributed by atoms with Gasteiger partial charge in [-0.25, -0.2) is 23.7 Å². The third kappa shape index (κ3) is 4.22. The second-order valence-corrected chi connectivity index (χ2v) is 10.9. The SMILES string of the molecule is CCS(=O)(=NC(=O)C(F)(F)F)c1nn2c(C3CC3)ccnc2c1-c1nc2cc(C(F)(F)F)ncc2n1C. The number of rotatable bonds is 4. The number of alkyl halides is 6. The van der Waals surface area contributed by atoms with E-state index in [-0.39, 0.29) is 34.0 Å². The van der Waals surface area contributed by atoms with Gasteiger partial charge in [0.05, 0.1) is 22.8 Å². The zero-order valence-electron chi connectivity index (χ0n) is 19.1. The lowest BCUT2D eigenvalue weighted by molar-refractivity contribution is -0.169. The highest BCUT2D eigenvalue weighted by Gasteiger charge is 2.41.